The second kappa shape index (κ2) is 5.46. The van der Waals surface area contributed by atoms with E-state index in [-0.39, 0.29) is 5.82 Å². The molecular weight excluding hydrogens is 337 g/mol. The Morgan fingerprint density at radius 3 is 2.70 bits per heavy atom. The minimum Gasteiger partial charge on any atom is -0.236 e. The summed E-state index contributed by atoms with van der Waals surface area (Å²) in [5.74, 6) is -0.184. The van der Waals surface area contributed by atoms with Gasteiger partial charge in [0.1, 0.15) is 10.8 Å². The Bertz CT molecular complexity index is 767. The van der Waals surface area contributed by atoms with Gasteiger partial charge in [0.2, 0.25) is 0 Å². The van der Waals surface area contributed by atoms with Crippen LogP contribution in [0.4, 0.5) is 4.39 Å². The van der Waals surface area contributed by atoms with Gasteiger partial charge in [-0.3, -0.25) is 0 Å². The fourth-order valence-electron chi connectivity index (χ4n) is 1.98. The van der Waals surface area contributed by atoms with Gasteiger partial charge in [-0.1, -0.05) is 34.1 Å². The quantitative estimate of drug-likeness (QED) is 0.580. The summed E-state index contributed by atoms with van der Waals surface area (Å²) in [4.78, 5) is 4.65. The fraction of sp³-hybridized carbons (Fsp3) is 0.0625. The summed E-state index contributed by atoms with van der Waals surface area (Å²) in [6.07, 6.45) is 0. The first-order chi connectivity index (χ1) is 9.65. The van der Waals surface area contributed by atoms with Crippen molar-refractivity contribution in [3.05, 3.63) is 63.7 Å². The van der Waals surface area contributed by atoms with E-state index in [4.69, 9.17) is 0 Å². The zero-order valence-corrected chi connectivity index (χ0v) is 13.1. The standard InChI is InChI=1S/C16H11BrFNS/c1-10-8-11(6-7-14(10)18)16-19-15(9-20-16)12-4-2-3-5-13(12)17/h2-9H,1H3. The number of thiazole rings is 1. The predicted molar refractivity (Wildman–Crippen MR) is 85.4 cm³/mol. The third-order valence-electron chi connectivity index (χ3n) is 3.06. The maximum atomic E-state index is 13.3. The van der Waals surface area contributed by atoms with Crippen LogP contribution >= 0.6 is 27.3 Å². The summed E-state index contributed by atoms with van der Waals surface area (Å²) in [7, 11) is 0. The number of hydrogen-bond acceptors (Lipinski definition) is 2. The third kappa shape index (κ3) is 2.53. The molecule has 20 heavy (non-hydrogen) atoms. The van der Waals surface area contributed by atoms with Gasteiger partial charge >= 0.3 is 0 Å². The summed E-state index contributed by atoms with van der Waals surface area (Å²) in [5.41, 5.74) is 3.58. The molecule has 0 aliphatic rings. The second-order valence-electron chi connectivity index (χ2n) is 4.48. The van der Waals surface area contributed by atoms with Crippen LogP contribution in [0.1, 0.15) is 5.56 Å². The van der Waals surface area contributed by atoms with Gasteiger partial charge in [0.25, 0.3) is 0 Å². The van der Waals surface area contributed by atoms with E-state index in [0.29, 0.717) is 5.56 Å². The van der Waals surface area contributed by atoms with Crippen LogP contribution in [0.3, 0.4) is 0 Å². The molecule has 1 aromatic heterocycles. The molecule has 0 bridgehead atoms. The molecular formula is C16H11BrFNS. The van der Waals surface area contributed by atoms with Crippen molar-refractivity contribution < 1.29 is 4.39 Å². The van der Waals surface area contributed by atoms with Crippen LogP contribution in [0.25, 0.3) is 21.8 Å². The van der Waals surface area contributed by atoms with Crippen molar-refractivity contribution in [1.29, 1.82) is 0 Å². The molecule has 0 amide bonds. The Morgan fingerprint density at radius 1 is 1.15 bits per heavy atom. The lowest BCUT2D eigenvalue weighted by atomic mass is 10.1. The van der Waals surface area contributed by atoms with Crippen molar-refractivity contribution in [2.24, 2.45) is 0 Å². The van der Waals surface area contributed by atoms with Crippen molar-refractivity contribution in [2.75, 3.05) is 0 Å². The van der Waals surface area contributed by atoms with Gasteiger partial charge in [-0.15, -0.1) is 11.3 Å². The van der Waals surface area contributed by atoms with Gasteiger partial charge in [-0.25, -0.2) is 9.37 Å². The van der Waals surface area contributed by atoms with Crippen LogP contribution in [0.15, 0.2) is 52.3 Å². The van der Waals surface area contributed by atoms with Gasteiger partial charge in [0, 0.05) is 21.0 Å². The minimum atomic E-state index is -0.184. The first-order valence-electron chi connectivity index (χ1n) is 6.12. The Kier molecular flexibility index (Phi) is 3.68. The summed E-state index contributed by atoms with van der Waals surface area (Å²) in [5, 5.41) is 2.92. The summed E-state index contributed by atoms with van der Waals surface area (Å²) in [6.45, 7) is 1.77. The largest absolute Gasteiger partial charge is 0.236 e. The van der Waals surface area contributed by atoms with Crippen LogP contribution in [0.5, 0.6) is 0 Å². The smallest absolute Gasteiger partial charge is 0.126 e. The van der Waals surface area contributed by atoms with E-state index in [1.54, 1.807) is 24.3 Å². The number of halogens is 2. The molecule has 0 saturated carbocycles. The van der Waals surface area contributed by atoms with Crippen LogP contribution in [-0.2, 0) is 0 Å². The highest BCUT2D eigenvalue weighted by Gasteiger charge is 2.10. The monoisotopic (exact) mass is 347 g/mol. The van der Waals surface area contributed by atoms with E-state index in [9.17, 15) is 4.39 Å². The van der Waals surface area contributed by atoms with Crippen molar-refractivity contribution >= 4 is 27.3 Å². The maximum Gasteiger partial charge on any atom is 0.126 e. The van der Waals surface area contributed by atoms with Crippen molar-refractivity contribution in [1.82, 2.24) is 4.98 Å². The van der Waals surface area contributed by atoms with Crippen molar-refractivity contribution in [2.45, 2.75) is 6.92 Å². The molecule has 0 radical (unpaired) electrons. The van der Waals surface area contributed by atoms with Gasteiger partial charge in [0.05, 0.1) is 5.69 Å². The molecule has 0 N–H and O–H groups in total. The number of rotatable bonds is 2. The van der Waals surface area contributed by atoms with E-state index in [1.807, 2.05) is 35.7 Å². The Morgan fingerprint density at radius 2 is 1.95 bits per heavy atom. The number of benzene rings is 2. The fourth-order valence-corrected chi connectivity index (χ4v) is 3.28. The molecule has 3 aromatic rings. The van der Waals surface area contributed by atoms with Crippen LogP contribution < -0.4 is 0 Å². The molecule has 0 aliphatic carbocycles. The van der Waals surface area contributed by atoms with Crippen molar-refractivity contribution in [3.8, 4) is 21.8 Å². The highest BCUT2D eigenvalue weighted by molar-refractivity contribution is 9.10. The van der Waals surface area contributed by atoms with Gasteiger partial charge < -0.3 is 0 Å². The average Bonchev–Trinajstić information content (AvgIpc) is 2.92. The first kappa shape index (κ1) is 13.5. The third-order valence-corrected chi connectivity index (χ3v) is 4.64. The molecule has 0 aliphatic heterocycles. The first-order valence-corrected chi connectivity index (χ1v) is 7.79. The molecule has 0 unspecified atom stereocenters. The summed E-state index contributed by atoms with van der Waals surface area (Å²) < 4.78 is 14.3. The topological polar surface area (TPSA) is 12.9 Å². The molecule has 1 heterocycles. The molecule has 0 saturated heterocycles. The maximum absolute atomic E-state index is 13.3. The lowest BCUT2D eigenvalue weighted by molar-refractivity contribution is 0.619. The molecule has 2 aromatic carbocycles. The van der Waals surface area contributed by atoms with Gasteiger partial charge in [-0.2, -0.15) is 0 Å². The molecule has 1 nitrogen and oxygen atoms in total. The van der Waals surface area contributed by atoms with Crippen LogP contribution in [0.2, 0.25) is 0 Å². The average molecular weight is 348 g/mol. The van der Waals surface area contributed by atoms with E-state index in [0.717, 1.165) is 26.3 Å². The predicted octanol–water partition coefficient (Wildman–Crippen LogP) is 5.69. The molecule has 4 heteroatoms. The molecule has 3 rings (SSSR count). The Hall–Kier alpha value is -1.52. The van der Waals surface area contributed by atoms with E-state index < -0.39 is 0 Å². The highest BCUT2D eigenvalue weighted by atomic mass is 79.9. The minimum absolute atomic E-state index is 0.184. The van der Waals surface area contributed by atoms with Crippen molar-refractivity contribution in [3.63, 3.8) is 0 Å². The lowest BCUT2D eigenvalue weighted by Crippen LogP contribution is -1.84. The highest BCUT2D eigenvalue weighted by Crippen LogP contribution is 2.33. The Labute approximate surface area is 129 Å². The van der Waals surface area contributed by atoms with E-state index in [1.165, 1.54) is 6.07 Å². The van der Waals surface area contributed by atoms with Gasteiger partial charge in [0.15, 0.2) is 0 Å². The summed E-state index contributed by atoms with van der Waals surface area (Å²) >= 11 is 5.10. The second-order valence-corrected chi connectivity index (χ2v) is 6.19. The van der Waals surface area contributed by atoms with E-state index in [2.05, 4.69) is 20.9 Å². The van der Waals surface area contributed by atoms with Crippen LogP contribution in [-0.4, -0.2) is 4.98 Å². The number of aryl methyl sites for hydroxylation is 1. The normalized spacial score (nSPS) is 10.8. The molecule has 0 atom stereocenters. The summed E-state index contributed by atoms with van der Waals surface area (Å²) in [6, 6.07) is 13.1. The molecule has 0 spiro atoms. The zero-order chi connectivity index (χ0) is 14.1. The number of aromatic nitrogens is 1. The van der Waals surface area contributed by atoms with Crippen LogP contribution in [0, 0.1) is 12.7 Å². The van der Waals surface area contributed by atoms with Gasteiger partial charge in [-0.05, 0) is 36.8 Å². The molecule has 0 fully saturated rings. The Balaban J connectivity index is 2.02. The van der Waals surface area contributed by atoms with E-state index >= 15 is 0 Å². The lowest BCUT2D eigenvalue weighted by Gasteiger charge is -2.01. The number of hydrogen-bond donors (Lipinski definition) is 0. The molecule has 100 valence electrons. The zero-order valence-electron chi connectivity index (χ0n) is 10.7. The number of nitrogens with zero attached hydrogens (tertiary/aromatic N) is 1. The SMILES string of the molecule is Cc1cc(-c2nc(-c3ccccc3Br)cs2)ccc1F.